The van der Waals surface area contributed by atoms with Crippen molar-refractivity contribution in [1.29, 1.82) is 0 Å². The highest BCUT2D eigenvalue weighted by Gasteiger charge is 2.42. The van der Waals surface area contributed by atoms with Crippen molar-refractivity contribution in [3.8, 4) is 5.75 Å². The van der Waals surface area contributed by atoms with Crippen molar-refractivity contribution in [2.75, 3.05) is 20.2 Å². The number of aliphatic carboxylic acids is 1. The number of ether oxygens (including phenoxy) is 1. The van der Waals surface area contributed by atoms with E-state index in [-0.39, 0.29) is 29.9 Å². The zero-order chi connectivity index (χ0) is 27.0. The molecule has 1 saturated carbocycles. The summed E-state index contributed by atoms with van der Waals surface area (Å²) < 4.78 is 47.7. The van der Waals surface area contributed by atoms with Crippen LogP contribution in [0.25, 0.3) is 10.9 Å². The van der Waals surface area contributed by atoms with E-state index >= 15 is 0 Å². The summed E-state index contributed by atoms with van der Waals surface area (Å²) in [6, 6.07) is 8.69. The van der Waals surface area contributed by atoms with Crippen LogP contribution in [0.1, 0.15) is 55.3 Å². The monoisotopic (exact) mass is 528 g/mol. The first-order valence-corrected chi connectivity index (χ1v) is 13.0. The van der Waals surface area contributed by atoms with E-state index in [0.717, 1.165) is 18.3 Å². The van der Waals surface area contributed by atoms with Crippen LogP contribution in [-0.2, 0) is 4.79 Å². The van der Waals surface area contributed by atoms with Crippen LogP contribution in [-0.4, -0.2) is 52.3 Å². The molecule has 2 aliphatic rings. The third kappa shape index (κ3) is 5.22. The smallest absolute Gasteiger partial charge is 0.308 e. The number of fused-ring (bicyclic) bond motifs is 1. The van der Waals surface area contributed by atoms with Crippen molar-refractivity contribution in [3.63, 3.8) is 0 Å². The number of piperidine rings is 1. The van der Waals surface area contributed by atoms with Gasteiger partial charge in [-0.15, -0.1) is 0 Å². The number of aromatic nitrogens is 1. The van der Waals surface area contributed by atoms with Gasteiger partial charge in [-0.25, -0.2) is 13.2 Å². The number of benzene rings is 2. The quantitative estimate of drug-likeness (QED) is 0.405. The van der Waals surface area contributed by atoms with Gasteiger partial charge in [-0.1, -0.05) is 0 Å². The highest BCUT2D eigenvalue weighted by atomic mass is 19.1. The molecular weight excluding hydrogens is 497 g/mol. The lowest BCUT2D eigenvalue weighted by atomic mass is 9.73. The van der Waals surface area contributed by atoms with Crippen LogP contribution >= 0.6 is 0 Å². The molecule has 1 aromatic heterocycles. The van der Waals surface area contributed by atoms with E-state index in [1.54, 1.807) is 18.2 Å². The summed E-state index contributed by atoms with van der Waals surface area (Å²) in [5, 5.41) is 21.4. The van der Waals surface area contributed by atoms with Crippen LogP contribution in [0.5, 0.6) is 5.75 Å². The summed E-state index contributed by atoms with van der Waals surface area (Å²) in [6.45, 7) is 1.06. The number of aliphatic hydroxyl groups is 1. The average Bonchev–Trinajstić information content (AvgIpc) is 2.88. The van der Waals surface area contributed by atoms with Gasteiger partial charge in [0.2, 0.25) is 0 Å². The lowest BCUT2D eigenvalue weighted by molar-refractivity contribution is -0.147. The van der Waals surface area contributed by atoms with E-state index in [2.05, 4.69) is 9.88 Å². The van der Waals surface area contributed by atoms with Crippen molar-refractivity contribution < 1.29 is 32.9 Å². The standard InChI is InChI=1S/C29H31F3N2O4/c1-38-20-4-6-26-22(13-20)28(25(32)14-33-26)27(35)7-2-16-8-9-34(15-23(16)29(36)37)19-10-17(11-19)21-12-18(30)3-5-24(21)31/h3-6,12-14,16-17,19,23,27,35H,2,7-11,15H2,1H3,(H,36,37)/t16-,17?,19?,23+,27?/m1/s1. The van der Waals surface area contributed by atoms with Crippen molar-refractivity contribution in [1.82, 2.24) is 9.88 Å². The molecule has 0 bridgehead atoms. The largest absolute Gasteiger partial charge is 0.497 e. The third-order valence-electron chi connectivity index (χ3n) is 8.34. The number of likely N-dealkylation sites (tertiary alicyclic amines) is 1. The molecule has 2 fully saturated rings. The number of hydrogen-bond acceptors (Lipinski definition) is 5. The van der Waals surface area contributed by atoms with Crippen LogP contribution in [0.15, 0.2) is 42.6 Å². The van der Waals surface area contributed by atoms with Gasteiger partial charge in [-0.2, -0.15) is 0 Å². The fourth-order valence-electron chi connectivity index (χ4n) is 6.10. The fraction of sp³-hybridized carbons (Fsp3) is 0.448. The maximum atomic E-state index is 14.8. The second-order valence-electron chi connectivity index (χ2n) is 10.5. The highest BCUT2D eigenvalue weighted by molar-refractivity contribution is 5.84. The number of carboxylic acids is 1. The third-order valence-corrected chi connectivity index (χ3v) is 8.34. The Balaban J connectivity index is 1.22. The van der Waals surface area contributed by atoms with Crippen molar-refractivity contribution in [2.24, 2.45) is 11.8 Å². The number of methoxy groups -OCH3 is 1. The number of aliphatic hydroxyl groups excluding tert-OH is 1. The first-order chi connectivity index (χ1) is 18.2. The number of hydrogen-bond donors (Lipinski definition) is 2. The van der Waals surface area contributed by atoms with Gasteiger partial charge < -0.3 is 14.9 Å². The molecule has 0 spiro atoms. The normalized spacial score (nSPS) is 24.7. The van der Waals surface area contributed by atoms with E-state index in [1.165, 1.54) is 13.2 Å². The molecule has 3 aromatic rings. The Bertz CT molecular complexity index is 1330. The summed E-state index contributed by atoms with van der Waals surface area (Å²) in [4.78, 5) is 18.4. The first-order valence-electron chi connectivity index (χ1n) is 13.0. The predicted molar refractivity (Wildman–Crippen MR) is 135 cm³/mol. The number of carbonyl (C=O) groups is 1. The number of pyridine rings is 1. The second kappa shape index (κ2) is 10.9. The van der Waals surface area contributed by atoms with Gasteiger partial charge in [0.15, 0.2) is 0 Å². The Morgan fingerprint density at radius 1 is 1.16 bits per heavy atom. The molecule has 202 valence electrons. The van der Waals surface area contributed by atoms with Gasteiger partial charge in [0.25, 0.3) is 0 Å². The van der Waals surface area contributed by atoms with E-state index in [4.69, 9.17) is 4.74 Å². The van der Waals surface area contributed by atoms with Gasteiger partial charge in [0.05, 0.1) is 30.8 Å². The maximum Gasteiger partial charge on any atom is 0.308 e. The average molecular weight is 529 g/mol. The molecule has 2 aromatic carbocycles. The van der Waals surface area contributed by atoms with E-state index in [0.29, 0.717) is 61.0 Å². The molecule has 0 radical (unpaired) electrons. The summed E-state index contributed by atoms with van der Waals surface area (Å²) in [5.74, 6) is -2.72. The molecule has 6 nitrogen and oxygen atoms in total. The lowest BCUT2D eigenvalue weighted by Gasteiger charge is -2.47. The topological polar surface area (TPSA) is 82.9 Å². The van der Waals surface area contributed by atoms with Gasteiger partial charge in [0.1, 0.15) is 23.2 Å². The molecule has 9 heteroatoms. The van der Waals surface area contributed by atoms with Crippen LogP contribution in [0.3, 0.4) is 0 Å². The van der Waals surface area contributed by atoms with Gasteiger partial charge in [-0.05, 0) is 92.4 Å². The molecular formula is C29H31F3N2O4. The lowest BCUT2D eigenvalue weighted by Crippen LogP contribution is -2.52. The molecule has 1 unspecified atom stereocenters. The van der Waals surface area contributed by atoms with E-state index in [9.17, 15) is 28.2 Å². The number of nitrogens with zero attached hydrogens (tertiary/aromatic N) is 2. The molecule has 0 amide bonds. The number of rotatable bonds is 8. The molecule has 3 atom stereocenters. The van der Waals surface area contributed by atoms with E-state index in [1.807, 2.05) is 0 Å². The van der Waals surface area contributed by atoms with Crippen molar-refractivity contribution in [3.05, 3.63) is 71.2 Å². The van der Waals surface area contributed by atoms with Crippen LogP contribution in [0, 0.1) is 29.3 Å². The second-order valence-corrected chi connectivity index (χ2v) is 10.5. The van der Waals surface area contributed by atoms with Crippen molar-refractivity contribution in [2.45, 2.75) is 50.2 Å². The summed E-state index contributed by atoms with van der Waals surface area (Å²) in [5.41, 5.74) is 1.06. The highest BCUT2D eigenvalue weighted by Crippen LogP contribution is 2.43. The zero-order valence-corrected chi connectivity index (χ0v) is 21.1. The SMILES string of the molecule is COc1ccc2ncc(F)c(C(O)CC[C@@H]3CCN(C4CC(c5cc(F)ccc5F)C4)C[C@@H]3C(=O)O)c2c1. The number of carboxylic acid groups (broad SMARTS) is 1. The molecule has 38 heavy (non-hydrogen) atoms. The Labute approximate surface area is 219 Å². The van der Waals surface area contributed by atoms with Crippen LogP contribution in [0.4, 0.5) is 13.2 Å². The van der Waals surface area contributed by atoms with E-state index < -0.39 is 35.4 Å². The predicted octanol–water partition coefficient (Wildman–Crippen LogP) is 5.44. The van der Waals surface area contributed by atoms with Gasteiger partial charge >= 0.3 is 5.97 Å². The molecule has 2 heterocycles. The molecule has 1 aliphatic heterocycles. The first kappa shape index (κ1) is 26.4. The summed E-state index contributed by atoms with van der Waals surface area (Å²) in [6.07, 6.45) is 2.57. The Hall–Kier alpha value is -3.17. The Morgan fingerprint density at radius 3 is 2.68 bits per heavy atom. The fourth-order valence-corrected chi connectivity index (χ4v) is 6.10. The van der Waals surface area contributed by atoms with Crippen molar-refractivity contribution >= 4 is 16.9 Å². The van der Waals surface area contributed by atoms with Gasteiger partial charge in [0, 0.05) is 23.5 Å². The van der Waals surface area contributed by atoms with Crippen LogP contribution < -0.4 is 4.74 Å². The molecule has 5 rings (SSSR count). The molecule has 1 aliphatic carbocycles. The minimum atomic E-state index is -1.12. The van der Waals surface area contributed by atoms with Gasteiger partial charge in [-0.3, -0.25) is 14.7 Å². The zero-order valence-electron chi connectivity index (χ0n) is 21.1. The minimum absolute atomic E-state index is 0.0736. The number of halogens is 3. The Morgan fingerprint density at radius 2 is 1.95 bits per heavy atom. The minimum Gasteiger partial charge on any atom is -0.497 e. The molecule has 2 N–H and O–H groups in total. The maximum absolute atomic E-state index is 14.8. The molecule has 1 saturated heterocycles. The summed E-state index contributed by atoms with van der Waals surface area (Å²) >= 11 is 0. The van der Waals surface area contributed by atoms with Crippen LogP contribution in [0.2, 0.25) is 0 Å². The summed E-state index contributed by atoms with van der Waals surface area (Å²) in [7, 11) is 1.51. The Kier molecular flexibility index (Phi) is 7.59.